The Hall–Kier alpha value is -6.20. The van der Waals surface area contributed by atoms with E-state index in [0.717, 1.165) is 62.0 Å². The minimum atomic E-state index is -1.64. The summed E-state index contributed by atoms with van der Waals surface area (Å²) in [4.78, 5) is 11.9. The van der Waals surface area contributed by atoms with Crippen LogP contribution >= 0.6 is 0 Å². The second-order valence-electron chi connectivity index (χ2n) is 20.4. The monoisotopic (exact) mass is 1060 g/mol. The van der Waals surface area contributed by atoms with E-state index in [1.807, 2.05) is 6.20 Å². The number of para-hydroxylation sites is 3. The molecule has 0 unspecified atom stereocenters. The standard InChI is InChI=1S/C59H56N5Si.Pt/c1-58(2,3)43-31-32-60-57(36-43)64-55-38-48(27-29-51(55)52-30-28-50(39-56(52)64)65(7,8)9)63(45-21-14-11-15-22-45)47-24-18-23-46(37-47)61-40-62(54-26-17-16-25-53(54)61)49-34-42(41-19-12-10-13-20-41)33-44(35-49)59(4,5)6;/h10-36,39-40H,1-9H3;/q-3;. The number of anilines is 7. The number of rotatable bonds is 8. The maximum absolute atomic E-state index is 5.04. The molecule has 334 valence electrons. The van der Waals surface area contributed by atoms with Crippen LogP contribution in [0.4, 0.5) is 39.8 Å². The van der Waals surface area contributed by atoms with Gasteiger partial charge in [0.1, 0.15) is 5.82 Å². The molecule has 0 spiro atoms. The van der Waals surface area contributed by atoms with Crippen molar-refractivity contribution in [1.29, 1.82) is 0 Å². The molecule has 1 aliphatic heterocycles. The molecule has 0 atom stereocenters. The zero-order valence-corrected chi connectivity index (χ0v) is 42.6. The molecule has 0 bridgehead atoms. The molecule has 7 aromatic carbocycles. The van der Waals surface area contributed by atoms with Crippen molar-refractivity contribution in [3.05, 3.63) is 200 Å². The third-order valence-electron chi connectivity index (χ3n) is 12.7. The molecule has 0 amide bonds. The molecular weight excluding hydrogens is 1000 g/mol. The van der Waals surface area contributed by atoms with Gasteiger partial charge in [-0.3, -0.25) is 0 Å². The number of nitrogens with zero attached hydrogens (tertiary/aromatic N) is 5. The minimum Gasteiger partial charge on any atom is -0.493 e. The van der Waals surface area contributed by atoms with Crippen LogP contribution in [0.3, 0.4) is 0 Å². The summed E-state index contributed by atoms with van der Waals surface area (Å²) in [5.74, 6) is 0.898. The number of hydrogen-bond acceptors (Lipinski definition) is 4. The van der Waals surface area contributed by atoms with Crippen molar-refractivity contribution in [3.8, 4) is 16.9 Å². The van der Waals surface area contributed by atoms with Crippen molar-refractivity contribution in [1.82, 2.24) is 9.55 Å². The Balaban J connectivity index is 0.00000548. The van der Waals surface area contributed by atoms with E-state index < -0.39 is 8.07 Å². The molecule has 0 saturated carbocycles. The van der Waals surface area contributed by atoms with Gasteiger partial charge in [0.05, 0.1) is 8.07 Å². The quantitative estimate of drug-likeness (QED) is 0.112. The van der Waals surface area contributed by atoms with Gasteiger partial charge in [0, 0.05) is 55.5 Å². The Kier molecular flexibility index (Phi) is 11.7. The van der Waals surface area contributed by atoms with Crippen LogP contribution in [0.15, 0.2) is 170 Å². The van der Waals surface area contributed by atoms with Gasteiger partial charge in [-0.1, -0.05) is 162 Å². The molecule has 0 aliphatic carbocycles. The van der Waals surface area contributed by atoms with Gasteiger partial charge in [-0.25, -0.2) is 4.98 Å². The zero-order valence-electron chi connectivity index (χ0n) is 39.3. The second kappa shape index (κ2) is 17.2. The molecule has 5 nitrogen and oxygen atoms in total. The van der Waals surface area contributed by atoms with Gasteiger partial charge in [0.25, 0.3) is 0 Å². The molecule has 0 saturated heterocycles. The maximum atomic E-state index is 5.04. The van der Waals surface area contributed by atoms with Crippen molar-refractivity contribution < 1.29 is 21.1 Å². The average molecular weight is 1060 g/mol. The number of benzene rings is 7. The Labute approximate surface area is 406 Å². The summed E-state index contributed by atoms with van der Waals surface area (Å²) in [7, 11) is -1.64. The first-order valence-corrected chi connectivity index (χ1v) is 26.2. The Morgan fingerprint density at radius 3 is 1.91 bits per heavy atom. The van der Waals surface area contributed by atoms with E-state index in [1.54, 1.807) is 0 Å². The number of pyridine rings is 1. The fourth-order valence-electron chi connectivity index (χ4n) is 8.96. The van der Waals surface area contributed by atoms with Crippen molar-refractivity contribution in [3.63, 3.8) is 0 Å². The van der Waals surface area contributed by atoms with Gasteiger partial charge in [-0.05, 0) is 93.1 Å². The summed E-state index contributed by atoms with van der Waals surface area (Å²) in [5, 5.41) is 3.76. The summed E-state index contributed by atoms with van der Waals surface area (Å²) in [6.07, 6.45) is 1.95. The smallest absolute Gasteiger partial charge is 0.135 e. The molecule has 10 rings (SSSR count). The molecule has 0 N–H and O–H groups in total. The van der Waals surface area contributed by atoms with E-state index in [-0.39, 0.29) is 31.9 Å². The third kappa shape index (κ3) is 8.42. The summed E-state index contributed by atoms with van der Waals surface area (Å²) in [6.45, 7) is 23.1. The van der Waals surface area contributed by atoms with Crippen molar-refractivity contribution in [2.24, 2.45) is 0 Å². The number of aromatic nitrogens is 2. The van der Waals surface area contributed by atoms with Crippen LogP contribution in [0.1, 0.15) is 52.7 Å². The Morgan fingerprint density at radius 1 is 0.561 bits per heavy atom. The molecular formula is C59H56N5PtSi-3. The summed E-state index contributed by atoms with van der Waals surface area (Å²) < 4.78 is 2.33. The van der Waals surface area contributed by atoms with Crippen LogP contribution in [-0.4, -0.2) is 17.6 Å². The van der Waals surface area contributed by atoms with Gasteiger partial charge in [0.2, 0.25) is 0 Å². The van der Waals surface area contributed by atoms with E-state index in [0.29, 0.717) is 0 Å². The van der Waals surface area contributed by atoms with Crippen LogP contribution < -0.4 is 19.9 Å². The predicted molar refractivity (Wildman–Crippen MR) is 278 cm³/mol. The van der Waals surface area contributed by atoms with Gasteiger partial charge in [-0.2, -0.15) is 12.1 Å². The van der Waals surface area contributed by atoms with E-state index in [1.165, 1.54) is 32.8 Å². The largest absolute Gasteiger partial charge is 0.493 e. The fourth-order valence-corrected chi connectivity index (χ4v) is 10.1. The van der Waals surface area contributed by atoms with E-state index in [2.05, 4.69) is 263 Å². The van der Waals surface area contributed by atoms with E-state index in [9.17, 15) is 0 Å². The van der Waals surface area contributed by atoms with Gasteiger partial charge >= 0.3 is 0 Å². The maximum Gasteiger partial charge on any atom is 0.135 e. The number of fused-ring (bicyclic) bond motifs is 4. The first kappa shape index (κ1) is 45.0. The fraction of sp³-hybridized carbons (Fsp3) is 0.186. The van der Waals surface area contributed by atoms with Crippen molar-refractivity contribution in [2.45, 2.75) is 72.0 Å². The Bertz CT molecular complexity index is 3210. The van der Waals surface area contributed by atoms with Gasteiger partial charge in [-0.15, -0.1) is 48.1 Å². The third-order valence-corrected chi connectivity index (χ3v) is 14.7. The zero-order chi connectivity index (χ0) is 45.3. The average Bonchev–Trinajstić information content (AvgIpc) is 3.85. The Morgan fingerprint density at radius 2 is 1.21 bits per heavy atom. The van der Waals surface area contributed by atoms with Gasteiger partial charge in [0.15, 0.2) is 0 Å². The van der Waals surface area contributed by atoms with Gasteiger partial charge < -0.3 is 19.3 Å². The topological polar surface area (TPSA) is 27.5 Å². The van der Waals surface area contributed by atoms with Crippen LogP contribution in [0.2, 0.25) is 19.6 Å². The molecule has 3 heterocycles. The molecule has 0 fully saturated rings. The minimum absolute atomic E-state index is 0. The summed E-state index contributed by atoms with van der Waals surface area (Å²) >= 11 is 0. The molecule has 66 heavy (non-hydrogen) atoms. The van der Waals surface area contributed by atoms with Crippen LogP contribution in [0.25, 0.3) is 38.8 Å². The van der Waals surface area contributed by atoms with Crippen LogP contribution in [0.5, 0.6) is 0 Å². The first-order chi connectivity index (χ1) is 31.1. The molecule has 9 aromatic rings. The molecule has 7 heteroatoms. The first-order valence-electron chi connectivity index (χ1n) is 22.7. The van der Waals surface area contributed by atoms with Crippen molar-refractivity contribution in [2.75, 3.05) is 14.7 Å². The second-order valence-corrected chi connectivity index (χ2v) is 25.5. The molecule has 1 aliphatic rings. The molecule has 2 aromatic heterocycles. The van der Waals surface area contributed by atoms with Crippen LogP contribution in [0, 0.1) is 18.8 Å². The van der Waals surface area contributed by atoms with E-state index >= 15 is 0 Å². The SMILES string of the molecule is CC(C)(C)c1cc(-c2ccccc2)cc(N2[CH-]N(c3[c-]c(N(c4[c-]c5c(cc4)c4ccc([Si](C)(C)C)cc4n5-c4cc(C(C)(C)C)ccn4)c4ccccc4)ccc3)c3ccccc32)c1.[Pt]. The normalized spacial score (nSPS) is 13.0. The summed E-state index contributed by atoms with van der Waals surface area (Å²) in [5.41, 5.74) is 14.1. The van der Waals surface area contributed by atoms with E-state index in [4.69, 9.17) is 4.98 Å². The van der Waals surface area contributed by atoms with Crippen molar-refractivity contribution >= 4 is 74.9 Å². The molecule has 0 radical (unpaired) electrons. The van der Waals surface area contributed by atoms with Crippen LogP contribution in [-0.2, 0) is 31.9 Å². The summed E-state index contributed by atoms with van der Waals surface area (Å²) in [6, 6.07) is 67.1. The number of hydrogen-bond donors (Lipinski definition) is 0. The predicted octanol–water partition coefficient (Wildman–Crippen LogP) is 15.5.